The number of benzene rings is 3. The molecule has 1 atom stereocenters. The Bertz CT molecular complexity index is 1180. The van der Waals surface area contributed by atoms with Gasteiger partial charge in [0.25, 0.3) is 5.91 Å². The van der Waals surface area contributed by atoms with Crippen molar-refractivity contribution in [2.75, 3.05) is 14.2 Å². The second-order valence-corrected chi connectivity index (χ2v) is 7.22. The molecular formula is C25H23N3O5. The second kappa shape index (κ2) is 9.86. The molecule has 8 nitrogen and oxygen atoms in total. The van der Waals surface area contributed by atoms with E-state index >= 15 is 0 Å². The lowest BCUT2D eigenvalue weighted by Crippen LogP contribution is -2.47. The number of rotatable bonds is 6. The van der Waals surface area contributed by atoms with Gasteiger partial charge in [0.2, 0.25) is 11.9 Å². The number of hydrogen-bond donors (Lipinski definition) is 2. The van der Waals surface area contributed by atoms with E-state index in [1.165, 1.54) is 7.11 Å². The molecule has 0 saturated heterocycles. The molecule has 0 aromatic heterocycles. The fourth-order valence-corrected chi connectivity index (χ4v) is 3.49. The lowest BCUT2D eigenvalue weighted by atomic mass is 10.0. The Hall–Kier alpha value is -4.33. The first-order valence-corrected chi connectivity index (χ1v) is 10.3. The average molecular weight is 445 g/mol. The summed E-state index contributed by atoms with van der Waals surface area (Å²) >= 11 is 0. The molecular weight excluding hydrogens is 422 g/mol. The van der Waals surface area contributed by atoms with E-state index in [0.29, 0.717) is 34.1 Å². The first-order valence-electron chi connectivity index (χ1n) is 10.3. The summed E-state index contributed by atoms with van der Waals surface area (Å²) in [5.41, 5.74) is 1.09. The van der Waals surface area contributed by atoms with Crippen LogP contribution in [0.5, 0.6) is 23.0 Å². The van der Waals surface area contributed by atoms with Gasteiger partial charge in [-0.05, 0) is 42.5 Å². The number of para-hydroxylation sites is 2. The van der Waals surface area contributed by atoms with Crippen LogP contribution in [-0.2, 0) is 4.79 Å². The van der Waals surface area contributed by atoms with Crippen LogP contribution in [0.4, 0.5) is 0 Å². The average Bonchev–Trinajstić information content (AvgIpc) is 2.84. The summed E-state index contributed by atoms with van der Waals surface area (Å²) in [5, 5.41) is 5.28. The highest BCUT2D eigenvalue weighted by Gasteiger charge is 2.27. The third-order valence-electron chi connectivity index (χ3n) is 5.04. The Balaban J connectivity index is 1.49. The highest BCUT2D eigenvalue weighted by atomic mass is 16.5. The zero-order valence-corrected chi connectivity index (χ0v) is 18.2. The number of aliphatic imine (C=N–C) groups is 1. The number of amides is 2. The van der Waals surface area contributed by atoms with Crippen molar-refractivity contribution in [3.8, 4) is 23.0 Å². The number of nitrogens with zero attached hydrogens (tertiary/aromatic N) is 1. The standard InChI is InChI=1S/C25H23N3O5/c1-31-21-10-6-9-19(23(21)32-2)20-15-22(29)27-25(26-20)28-24(30)16-11-13-18(14-12-16)33-17-7-4-3-5-8-17/h3-14,20H,15H2,1-2H3,(H2,26,27,28,29,30)/t20-/m1/s1. The molecule has 3 aromatic rings. The predicted octanol–water partition coefficient (Wildman–Crippen LogP) is 3.84. The zero-order chi connectivity index (χ0) is 23.2. The monoisotopic (exact) mass is 445 g/mol. The quantitative estimate of drug-likeness (QED) is 0.601. The summed E-state index contributed by atoms with van der Waals surface area (Å²) in [7, 11) is 3.07. The number of ether oxygens (including phenoxy) is 3. The largest absolute Gasteiger partial charge is 0.493 e. The Morgan fingerprint density at radius 1 is 0.939 bits per heavy atom. The molecule has 0 spiro atoms. The Labute approximate surface area is 191 Å². The molecule has 33 heavy (non-hydrogen) atoms. The van der Waals surface area contributed by atoms with Crippen molar-refractivity contribution in [3.05, 3.63) is 83.9 Å². The maximum absolute atomic E-state index is 12.7. The van der Waals surface area contributed by atoms with Crippen molar-refractivity contribution in [2.45, 2.75) is 12.5 Å². The number of methoxy groups -OCH3 is 2. The second-order valence-electron chi connectivity index (χ2n) is 7.22. The van der Waals surface area contributed by atoms with E-state index in [0.717, 1.165) is 0 Å². The van der Waals surface area contributed by atoms with Gasteiger partial charge in [0.05, 0.1) is 26.7 Å². The summed E-state index contributed by atoms with van der Waals surface area (Å²) < 4.78 is 16.6. The molecule has 1 aliphatic rings. The molecule has 0 unspecified atom stereocenters. The van der Waals surface area contributed by atoms with E-state index in [-0.39, 0.29) is 18.3 Å². The molecule has 0 saturated carbocycles. The van der Waals surface area contributed by atoms with Crippen LogP contribution in [0.2, 0.25) is 0 Å². The molecule has 2 amide bonds. The molecule has 3 aromatic carbocycles. The minimum atomic E-state index is -0.527. The van der Waals surface area contributed by atoms with Gasteiger partial charge in [0.15, 0.2) is 11.5 Å². The molecule has 4 rings (SSSR count). The summed E-state index contributed by atoms with van der Waals surface area (Å²) in [4.78, 5) is 29.6. The summed E-state index contributed by atoms with van der Waals surface area (Å²) in [6.45, 7) is 0. The highest BCUT2D eigenvalue weighted by molar-refractivity contribution is 6.10. The molecule has 0 aliphatic carbocycles. The minimum Gasteiger partial charge on any atom is -0.493 e. The summed E-state index contributed by atoms with van der Waals surface area (Å²) in [6, 6.07) is 20.9. The van der Waals surface area contributed by atoms with Gasteiger partial charge in [-0.1, -0.05) is 30.3 Å². The summed E-state index contributed by atoms with van der Waals surface area (Å²) in [6.07, 6.45) is 0.119. The minimum absolute atomic E-state index is 0.0794. The van der Waals surface area contributed by atoms with E-state index in [4.69, 9.17) is 14.2 Å². The fraction of sp³-hybridized carbons (Fsp3) is 0.160. The van der Waals surface area contributed by atoms with Gasteiger partial charge < -0.3 is 14.2 Å². The Morgan fingerprint density at radius 3 is 2.36 bits per heavy atom. The lowest BCUT2D eigenvalue weighted by molar-refractivity contribution is -0.120. The number of guanidine groups is 1. The van der Waals surface area contributed by atoms with E-state index in [1.807, 2.05) is 36.4 Å². The van der Waals surface area contributed by atoms with Crippen LogP contribution < -0.4 is 24.8 Å². The fourth-order valence-electron chi connectivity index (χ4n) is 3.49. The van der Waals surface area contributed by atoms with Crippen LogP contribution in [0.1, 0.15) is 28.4 Å². The maximum atomic E-state index is 12.7. The Morgan fingerprint density at radius 2 is 1.67 bits per heavy atom. The topological polar surface area (TPSA) is 98.3 Å². The highest BCUT2D eigenvalue weighted by Crippen LogP contribution is 2.38. The third-order valence-corrected chi connectivity index (χ3v) is 5.04. The van der Waals surface area contributed by atoms with Crippen molar-refractivity contribution >= 4 is 17.8 Å². The molecule has 0 radical (unpaired) electrons. The number of carbonyl (C=O) groups excluding carboxylic acids is 2. The van der Waals surface area contributed by atoms with Crippen LogP contribution in [-0.4, -0.2) is 32.0 Å². The van der Waals surface area contributed by atoms with Gasteiger partial charge in [-0.15, -0.1) is 0 Å². The first kappa shape index (κ1) is 21.9. The van der Waals surface area contributed by atoms with Gasteiger partial charge in [-0.25, -0.2) is 4.99 Å². The molecule has 1 heterocycles. The van der Waals surface area contributed by atoms with Crippen LogP contribution in [0.25, 0.3) is 0 Å². The lowest BCUT2D eigenvalue weighted by Gasteiger charge is -2.23. The van der Waals surface area contributed by atoms with Gasteiger partial charge >= 0.3 is 0 Å². The van der Waals surface area contributed by atoms with Gasteiger partial charge in [0.1, 0.15) is 11.5 Å². The summed E-state index contributed by atoms with van der Waals surface area (Å²) in [5.74, 6) is 1.76. The maximum Gasteiger partial charge on any atom is 0.257 e. The number of hydrogen-bond acceptors (Lipinski definition) is 6. The molecule has 8 heteroatoms. The Kier molecular flexibility index (Phi) is 6.54. The molecule has 0 fully saturated rings. The SMILES string of the molecule is COc1cccc([C@H]2CC(=O)NC(NC(=O)c3ccc(Oc4ccccc4)cc3)=N2)c1OC. The van der Waals surface area contributed by atoms with Crippen molar-refractivity contribution in [1.82, 2.24) is 10.6 Å². The van der Waals surface area contributed by atoms with Crippen molar-refractivity contribution < 1.29 is 23.8 Å². The van der Waals surface area contributed by atoms with E-state index in [1.54, 1.807) is 43.5 Å². The number of nitrogens with one attached hydrogen (secondary N) is 2. The molecule has 168 valence electrons. The third kappa shape index (κ3) is 5.12. The van der Waals surface area contributed by atoms with Gasteiger partial charge in [-0.2, -0.15) is 0 Å². The van der Waals surface area contributed by atoms with Crippen LogP contribution in [0, 0.1) is 0 Å². The predicted molar refractivity (Wildman–Crippen MR) is 123 cm³/mol. The number of carbonyl (C=O) groups is 2. The van der Waals surface area contributed by atoms with Crippen molar-refractivity contribution in [2.24, 2.45) is 4.99 Å². The normalized spacial score (nSPS) is 15.2. The van der Waals surface area contributed by atoms with Gasteiger partial charge in [0, 0.05) is 11.1 Å². The van der Waals surface area contributed by atoms with Crippen LogP contribution in [0.15, 0.2) is 77.8 Å². The molecule has 2 N–H and O–H groups in total. The van der Waals surface area contributed by atoms with E-state index in [9.17, 15) is 9.59 Å². The van der Waals surface area contributed by atoms with Crippen LogP contribution >= 0.6 is 0 Å². The van der Waals surface area contributed by atoms with Crippen LogP contribution in [0.3, 0.4) is 0 Å². The smallest absolute Gasteiger partial charge is 0.257 e. The molecule has 1 aliphatic heterocycles. The van der Waals surface area contributed by atoms with Crippen molar-refractivity contribution in [3.63, 3.8) is 0 Å². The first-order chi connectivity index (χ1) is 16.1. The zero-order valence-electron chi connectivity index (χ0n) is 18.2. The van der Waals surface area contributed by atoms with Gasteiger partial charge in [-0.3, -0.25) is 20.2 Å². The van der Waals surface area contributed by atoms with E-state index in [2.05, 4.69) is 15.6 Å². The van der Waals surface area contributed by atoms with E-state index < -0.39 is 11.9 Å². The molecule has 0 bridgehead atoms. The van der Waals surface area contributed by atoms with Crippen molar-refractivity contribution in [1.29, 1.82) is 0 Å².